The van der Waals surface area contributed by atoms with Crippen LogP contribution < -0.4 is 10.1 Å². The molecule has 1 N–H and O–H groups in total. The zero-order valence-electron chi connectivity index (χ0n) is 20.3. The summed E-state index contributed by atoms with van der Waals surface area (Å²) in [6.07, 6.45) is -4.58. The largest absolute Gasteiger partial charge is 0.496 e. The van der Waals surface area contributed by atoms with Gasteiger partial charge in [0.1, 0.15) is 5.75 Å². The van der Waals surface area contributed by atoms with Crippen molar-refractivity contribution in [3.63, 3.8) is 0 Å². The minimum atomic E-state index is -4.58. The summed E-state index contributed by atoms with van der Waals surface area (Å²) >= 11 is 12.5. The quantitative estimate of drug-likeness (QED) is 0.230. The fraction of sp³-hybridized carbons (Fsp3) is 0.138. The maximum Gasteiger partial charge on any atom is 0.416 e. The van der Waals surface area contributed by atoms with Gasteiger partial charge in [-0.05, 0) is 65.2 Å². The Morgan fingerprint density at radius 2 is 1.47 bits per heavy atom. The number of halogens is 5. The monoisotopic (exact) mass is 559 g/mol. The van der Waals surface area contributed by atoms with Crippen LogP contribution in [0.2, 0.25) is 10.0 Å². The van der Waals surface area contributed by atoms with Gasteiger partial charge in [0.15, 0.2) is 0 Å². The zero-order valence-corrected chi connectivity index (χ0v) is 21.8. The number of rotatable bonds is 7. The van der Waals surface area contributed by atoms with Crippen LogP contribution in [-0.2, 0) is 17.5 Å². The van der Waals surface area contributed by atoms with Gasteiger partial charge in [-0.15, -0.1) is 0 Å². The Balaban J connectivity index is 1.69. The summed E-state index contributed by atoms with van der Waals surface area (Å²) in [4.78, 5) is 11.8. The molecule has 38 heavy (non-hydrogen) atoms. The molecule has 0 radical (unpaired) electrons. The van der Waals surface area contributed by atoms with Crippen molar-refractivity contribution in [2.24, 2.45) is 0 Å². The smallest absolute Gasteiger partial charge is 0.416 e. The summed E-state index contributed by atoms with van der Waals surface area (Å²) in [5.41, 5.74) is 3.11. The summed E-state index contributed by atoms with van der Waals surface area (Å²) < 4.78 is 51.1. The summed E-state index contributed by atoms with van der Waals surface area (Å²) in [6, 6.07) is 20.9. The first-order valence-corrected chi connectivity index (χ1v) is 12.1. The van der Waals surface area contributed by atoms with E-state index < -0.39 is 17.7 Å². The van der Waals surface area contributed by atoms with Crippen LogP contribution in [0.1, 0.15) is 21.5 Å². The Bertz CT molecular complexity index is 1450. The maximum absolute atomic E-state index is 13.7. The maximum atomic E-state index is 13.7. The van der Waals surface area contributed by atoms with Gasteiger partial charge in [0, 0.05) is 28.4 Å². The number of methoxy groups -OCH3 is 2. The average Bonchev–Trinajstić information content (AvgIpc) is 2.91. The van der Waals surface area contributed by atoms with Gasteiger partial charge in [-0.3, -0.25) is 0 Å². The van der Waals surface area contributed by atoms with Crippen LogP contribution in [0, 0.1) is 0 Å². The summed E-state index contributed by atoms with van der Waals surface area (Å²) in [5, 5.41) is 4.34. The highest BCUT2D eigenvalue weighted by Crippen LogP contribution is 2.40. The van der Waals surface area contributed by atoms with Crippen molar-refractivity contribution in [2.45, 2.75) is 12.7 Å². The van der Waals surface area contributed by atoms with Crippen molar-refractivity contribution in [1.82, 2.24) is 0 Å². The van der Waals surface area contributed by atoms with E-state index in [4.69, 9.17) is 32.7 Å². The minimum Gasteiger partial charge on any atom is -0.496 e. The predicted molar refractivity (Wildman–Crippen MR) is 144 cm³/mol. The number of alkyl halides is 3. The second-order valence-electron chi connectivity index (χ2n) is 8.33. The number of carbonyl (C=O) groups excluding carboxylic acids is 1. The van der Waals surface area contributed by atoms with Crippen LogP contribution in [0.4, 0.5) is 18.9 Å². The molecule has 9 heteroatoms. The first-order valence-electron chi connectivity index (χ1n) is 11.4. The molecule has 0 aliphatic carbocycles. The number of hydrogen-bond acceptors (Lipinski definition) is 4. The lowest BCUT2D eigenvalue weighted by Crippen LogP contribution is -2.10. The van der Waals surface area contributed by atoms with Crippen LogP contribution in [0.5, 0.6) is 5.75 Å². The fourth-order valence-corrected chi connectivity index (χ4v) is 4.43. The lowest BCUT2D eigenvalue weighted by atomic mass is 9.95. The van der Waals surface area contributed by atoms with E-state index in [9.17, 15) is 18.0 Å². The standard InChI is InChI=1S/C29H22Cl2F3NO3/c1-37-27-14-20(29(32,33)34)13-24(18-3-5-19(6-4-18)28(36)38-2)25(27)16-35-22-11-12-23(26(31)15-22)17-7-9-21(30)10-8-17/h3-15,35H,16H2,1-2H3. The van der Waals surface area contributed by atoms with E-state index in [0.29, 0.717) is 32.4 Å². The first-order chi connectivity index (χ1) is 18.1. The third kappa shape index (κ3) is 6.06. The molecule has 0 unspecified atom stereocenters. The Kier molecular flexibility index (Phi) is 8.19. The molecule has 0 aliphatic rings. The molecular formula is C29H22Cl2F3NO3. The fourth-order valence-electron chi connectivity index (χ4n) is 4.01. The molecule has 4 rings (SSSR count). The van der Waals surface area contributed by atoms with Crippen molar-refractivity contribution < 1.29 is 27.4 Å². The molecule has 196 valence electrons. The summed E-state index contributed by atoms with van der Waals surface area (Å²) in [6.45, 7) is 0.145. The van der Waals surface area contributed by atoms with Crippen molar-refractivity contribution in [2.75, 3.05) is 19.5 Å². The molecule has 0 heterocycles. The van der Waals surface area contributed by atoms with E-state index in [1.54, 1.807) is 30.3 Å². The van der Waals surface area contributed by atoms with Crippen molar-refractivity contribution in [3.8, 4) is 28.0 Å². The Labute approximate surface area is 227 Å². The number of esters is 1. The number of carbonyl (C=O) groups is 1. The molecule has 0 bridgehead atoms. The number of anilines is 1. The third-order valence-corrected chi connectivity index (χ3v) is 6.53. The zero-order chi connectivity index (χ0) is 27.4. The molecule has 0 fully saturated rings. The van der Waals surface area contributed by atoms with Gasteiger partial charge in [-0.1, -0.05) is 53.5 Å². The van der Waals surface area contributed by atoms with E-state index in [2.05, 4.69) is 5.32 Å². The van der Waals surface area contributed by atoms with E-state index in [1.165, 1.54) is 26.4 Å². The van der Waals surface area contributed by atoms with Crippen LogP contribution in [0.3, 0.4) is 0 Å². The second kappa shape index (κ2) is 11.4. The topological polar surface area (TPSA) is 47.6 Å². The average molecular weight is 560 g/mol. The Hall–Kier alpha value is -3.68. The summed E-state index contributed by atoms with van der Waals surface area (Å²) in [7, 11) is 2.58. The van der Waals surface area contributed by atoms with E-state index in [1.807, 2.05) is 24.3 Å². The highest BCUT2D eigenvalue weighted by molar-refractivity contribution is 6.33. The highest BCUT2D eigenvalue weighted by Gasteiger charge is 2.32. The van der Waals surface area contributed by atoms with Crippen LogP contribution in [-0.4, -0.2) is 20.2 Å². The molecule has 4 nitrogen and oxygen atoms in total. The van der Waals surface area contributed by atoms with Crippen molar-refractivity contribution in [1.29, 1.82) is 0 Å². The normalized spacial score (nSPS) is 11.2. The Morgan fingerprint density at radius 1 is 0.842 bits per heavy atom. The van der Waals surface area contributed by atoms with Crippen LogP contribution in [0.15, 0.2) is 78.9 Å². The molecule has 0 saturated heterocycles. The van der Waals surface area contributed by atoms with Gasteiger partial charge >= 0.3 is 12.1 Å². The number of ether oxygens (including phenoxy) is 2. The molecule has 0 amide bonds. The van der Waals surface area contributed by atoms with Gasteiger partial charge in [-0.25, -0.2) is 4.79 Å². The van der Waals surface area contributed by atoms with Crippen LogP contribution >= 0.6 is 23.2 Å². The van der Waals surface area contributed by atoms with Gasteiger partial charge in [-0.2, -0.15) is 13.2 Å². The van der Waals surface area contributed by atoms with Crippen LogP contribution in [0.25, 0.3) is 22.3 Å². The van der Waals surface area contributed by atoms with E-state index >= 15 is 0 Å². The van der Waals surface area contributed by atoms with E-state index in [-0.39, 0.29) is 17.9 Å². The minimum absolute atomic E-state index is 0.0725. The molecule has 0 aliphatic heterocycles. The van der Waals surface area contributed by atoms with Gasteiger partial charge in [0.05, 0.1) is 30.4 Å². The third-order valence-electron chi connectivity index (χ3n) is 5.97. The molecule has 4 aromatic carbocycles. The number of benzene rings is 4. The second-order valence-corrected chi connectivity index (χ2v) is 9.17. The molecule has 0 saturated carbocycles. The lowest BCUT2D eigenvalue weighted by molar-refractivity contribution is -0.137. The van der Waals surface area contributed by atoms with Gasteiger partial charge < -0.3 is 14.8 Å². The van der Waals surface area contributed by atoms with Crippen molar-refractivity contribution >= 4 is 34.9 Å². The molecular weight excluding hydrogens is 538 g/mol. The first kappa shape index (κ1) is 27.4. The predicted octanol–water partition coefficient (Wildman–Crippen LogP) is 8.75. The molecule has 4 aromatic rings. The number of nitrogens with one attached hydrogen (secondary N) is 1. The van der Waals surface area contributed by atoms with E-state index in [0.717, 1.165) is 23.3 Å². The van der Waals surface area contributed by atoms with Crippen molar-refractivity contribution in [3.05, 3.63) is 106 Å². The van der Waals surface area contributed by atoms with Gasteiger partial charge in [0.2, 0.25) is 0 Å². The SMILES string of the molecule is COC(=O)c1ccc(-c2cc(C(F)(F)F)cc(OC)c2CNc2ccc(-c3ccc(Cl)cc3)c(Cl)c2)cc1. The Morgan fingerprint density at radius 3 is 2.05 bits per heavy atom. The molecule has 0 spiro atoms. The molecule has 0 atom stereocenters. The molecule has 0 aromatic heterocycles. The van der Waals surface area contributed by atoms with Gasteiger partial charge in [0.25, 0.3) is 0 Å². The highest BCUT2D eigenvalue weighted by atomic mass is 35.5. The lowest BCUT2D eigenvalue weighted by Gasteiger charge is -2.19. The summed E-state index contributed by atoms with van der Waals surface area (Å²) in [5.74, 6) is -0.470. The number of hydrogen-bond donors (Lipinski definition) is 1.